The van der Waals surface area contributed by atoms with Gasteiger partial charge in [-0.05, 0) is 42.8 Å². The van der Waals surface area contributed by atoms with E-state index in [1.54, 1.807) is 17.0 Å². The first-order valence-corrected chi connectivity index (χ1v) is 12.5. The standard InChI is InChI=1S/C25H27FN6O2S/c1-3-20-24(29(2)25-28-21(16-35-25)17-4-6-18(26)7-5-17)32-14-19(8-9-22(32)27-20)30-10-12-31(13-11-30)23(34)15-33/h4-9,14,16,33H,3,10-13,15H2,1-2H3. The largest absolute Gasteiger partial charge is 0.387 e. The molecule has 1 aromatic carbocycles. The Balaban J connectivity index is 1.45. The first-order chi connectivity index (χ1) is 17.0. The second kappa shape index (κ2) is 9.63. The van der Waals surface area contributed by atoms with Crippen LogP contribution >= 0.6 is 11.3 Å². The van der Waals surface area contributed by atoms with Crippen LogP contribution in [0.4, 0.5) is 21.0 Å². The van der Waals surface area contributed by atoms with Crippen molar-refractivity contribution in [2.75, 3.05) is 49.6 Å². The lowest BCUT2D eigenvalue weighted by atomic mass is 10.2. The molecule has 8 nitrogen and oxygen atoms in total. The number of amides is 1. The molecular weight excluding hydrogens is 467 g/mol. The average Bonchev–Trinajstić information content (AvgIpc) is 3.53. The summed E-state index contributed by atoms with van der Waals surface area (Å²) in [4.78, 5) is 27.4. The highest BCUT2D eigenvalue weighted by atomic mass is 32.1. The van der Waals surface area contributed by atoms with E-state index >= 15 is 0 Å². The number of aliphatic hydroxyl groups excluding tert-OH is 1. The fourth-order valence-corrected chi connectivity index (χ4v) is 5.23. The monoisotopic (exact) mass is 494 g/mol. The first kappa shape index (κ1) is 23.3. The first-order valence-electron chi connectivity index (χ1n) is 11.6. The van der Waals surface area contributed by atoms with Crippen molar-refractivity contribution < 1.29 is 14.3 Å². The van der Waals surface area contributed by atoms with Crippen LogP contribution in [0, 0.1) is 5.82 Å². The summed E-state index contributed by atoms with van der Waals surface area (Å²) in [6, 6.07) is 10.4. The molecular formula is C25H27FN6O2S. The zero-order valence-electron chi connectivity index (χ0n) is 19.7. The third kappa shape index (κ3) is 4.46. The van der Waals surface area contributed by atoms with E-state index in [1.807, 2.05) is 18.5 Å². The van der Waals surface area contributed by atoms with E-state index in [1.165, 1.54) is 23.5 Å². The van der Waals surface area contributed by atoms with Gasteiger partial charge in [-0.2, -0.15) is 0 Å². The van der Waals surface area contributed by atoms with Gasteiger partial charge in [0.15, 0.2) is 5.13 Å². The van der Waals surface area contributed by atoms with Crippen LogP contribution in [0.2, 0.25) is 0 Å². The Morgan fingerprint density at radius 2 is 1.86 bits per heavy atom. The molecule has 0 aliphatic carbocycles. The number of anilines is 3. The number of aromatic nitrogens is 3. The number of imidazole rings is 1. The Labute approximate surface area is 206 Å². The zero-order chi connectivity index (χ0) is 24.5. The number of hydrogen-bond donors (Lipinski definition) is 1. The number of piperazine rings is 1. The molecule has 35 heavy (non-hydrogen) atoms. The van der Waals surface area contributed by atoms with Crippen molar-refractivity contribution in [3.8, 4) is 11.3 Å². The fraction of sp³-hybridized carbons (Fsp3) is 0.320. The van der Waals surface area contributed by atoms with Crippen LogP contribution in [0.1, 0.15) is 12.6 Å². The number of rotatable bonds is 6. The number of aliphatic hydroxyl groups is 1. The normalized spacial score (nSPS) is 14.1. The summed E-state index contributed by atoms with van der Waals surface area (Å²) in [5.74, 6) is 0.463. The number of fused-ring (bicyclic) bond motifs is 1. The molecule has 1 N–H and O–H groups in total. The minimum absolute atomic E-state index is 0.227. The molecule has 0 saturated carbocycles. The third-order valence-corrected chi connectivity index (χ3v) is 7.27. The predicted molar refractivity (Wildman–Crippen MR) is 136 cm³/mol. The summed E-state index contributed by atoms with van der Waals surface area (Å²) in [6.07, 6.45) is 2.86. The number of hydrogen-bond acceptors (Lipinski definition) is 7. The van der Waals surface area contributed by atoms with E-state index in [4.69, 9.17) is 15.1 Å². The van der Waals surface area contributed by atoms with Crippen molar-refractivity contribution in [1.29, 1.82) is 0 Å². The molecule has 0 unspecified atom stereocenters. The highest BCUT2D eigenvalue weighted by Gasteiger charge is 2.23. The maximum atomic E-state index is 13.3. The Kier molecular flexibility index (Phi) is 6.40. The summed E-state index contributed by atoms with van der Waals surface area (Å²) >= 11 is 1.53. The van der Waals surface area contributed by atoms with Crippen LogP contribution < -0.4 is 9.80 Å². The van der Waals surface area contributed by atoms with Crippen LogP contribution in [0.15, 0.2) is 48.0 Å². The number of carbonyl (C=O) groups excluding carboxylic acids is 1. The zero-order valence-corrected chi connectivity index (χ0v) is 20.5. The molecule has 4 aromatic rings. The van der Waals surface area contributed by atoms with Gasteiger partial charge in [-0.15, -0.1) is 11.3 Å². The van der Waals surface area contributed by atoms with Crippen molar-refractivity contribution >= 4 is 39.5 Å². The van der Waals surface area contributed by atoms with Crippen LogP contribution in [-0.2, 0) is 11.2 Å². The molecule has 0 atom stereocenters. The van der Waals surface area contributed by atoms with E-state index in [-0.39, 0.29) is 11.7 Å². The second-order valence-electron chi connectivity index (χ2n) is 8.46. The highest BCUT2D eigenvalue weighted by molar-refractivity contribution is 7.14. The van der Waals surface area contributed by atoms with E-state index in [9.17, 15) is 9.18 Å². The maximum Gasteiger partial charge on any atom is 0.248 e. The SMILES string of the molecule is CCc1nc2ccc(N3CCN(C(=O)CO)CC3)cn2c1N(C)c1nc(-c2ccc(F)cc2)cs1. The van der Waals surface area contributed by atoms with Crippen molar-refractivity contribution in [2.24, 2.45) is 0 Å². The summed E-state index contributed by atoms with van der Waals surface area (Å²) in [6.45, 7) is 4.20. The molecule has 4 heterocycles. The smallest absolute Gasteiger partial charge is 0.248 e. The number of nitrogens with zero attached hydrogens (tertiary/aromatic N) is 6. The lowest BCUT2D eigenvalue weighted by molar-refractivity contribution is -0.134. The lowest BCUT2D eigenvalue weighted by Gasteiger charge is -2.35. The van der Waals surface area contributed by atoms with E-state index in [0.717, 1.165) is 45.7 Å². The molecule has 0 bridgehead atoms. The third-order valence-electron chi connectivity index (χ3n) is 6.35. The van der Waals surface area contributed by atoms with Gasteiger partial charge in [0.2, 0.25) is 5.91 Å². The van der Waals surface area contributed by atoms with Crippen LogP contribution in [-0.4, -0.2) is 70.1 Å². The number of carbonyl (C=O) groups is 1. The molecule has 10 heteroatoms. The molecule has 1 aliphatic heterocycles. The van der Waals surface area contributed by atoms with Gasteiger partial charge < -0.3 is 19.8 Å². The predicted octanol–water partition coefficient (Wildman–Crippen LogP) is 3.57. The van der Waals surface area contributed by atoms with Gasteiger partial charge in [0, 0.05) is 50.4 Å². The molecule has 182 valence electrons. The number of thiazole rings is 1. The fourth-order valence-electron chi connectivity index (χ4n) is 4.43. The minimum atomic E-state index is -0.448. The lowest BCUT2D eigenvalue weighted by Crippen LogP contribution is -2.49. The molecule has 0 radical (unpaired) electrons. The van der Waals surface area contributed by atoms with E-state index < -0.39 is 6.61 Å². The Bertz CT molecular complexity index is 1340. The summed E-state index contributed by atoms with van der Waals surface area (Å²) in [5.41, 5.74) is 4.56. The van der Waals surface area contributed by atoms with E-state index in [0.29, 0.717) is 26.2 Å². The van der Waals surface area contributed by atoms with Gasteiger partial charge in [-0.1, -0.05) is 6.92 Å². The number of pyridine rings is 1. The van der Waals surface area contributed by atoms with Gasteiger partial charge >= 0.3 is 0 Å². The molecule has 5 rings (SSSR count). The van der Waals surface area contributed by atoms with Crippen molar-refractivity contribution in [1.82, 2.24) is 19.3 Å². The molecule has 3 aromatic heterocycles. The van der Waals surface area contributed by atoms with Crippen molar-refractivity contribution in [2.45, 2.75) is 13.3 Å². The summed E-state index contributed by atoms with van der Waals surface area (Å²) in [5, 5.41) is 11.9. The quantitative estimate of drug-likeness (QED) is 0.442. The molecule has 1 fully saturated rings. The van der Waals surface area contributed by atoms with Gasteiger partial charge in [0.05, 0.1) is 17.1 Å². The topological polar surface area (TPSA) is 77.2 Å². The van der Waals surface area contributed by atoms with Gasteiger partial charge in [0.1, 0.15) is 23.9 Å². The minimum Gasteiger partial charge on any atom is -0.387 e. The highest BCUT2D eigenvalue weighted by Crippen LogP contribution is 2.34. The van der Waals surface area contributed by atoms with Gasteiger partial charge in [-0.3, -0.25) is 9.20 Å². The van der Waals surface area contributed by atoms with Crippen LogP contribution in [0.5, 0.6) is 0 Å². The van der Waals surface area contributed by atoms with Crippen LogP contribution in [0.25, 0.3) is 16.9 Å². The van der Waals surface area contributed by atoms with Crippen LogP contribution in [0.3, 0.4) is 0 Å². The Morgan fingerprint density at radius 3 is 2.54 bits per heavy atom. The summed E-state index contributed by atoms with van der Waals surface area (Å²) in [7, 11) is 1.99. The van der Waals surface area contributed by atoms with Crippen molar-refractivity contribution in [3.05, 3.63) is 59.5 Å². The average molecular weight is 495 g/mol. The number of benzene rings is 1. The maximum absolute atomic E-state index is 13.3. The molecule has 0 spiro atoms. The number of halogens is 1. The molecule has 1 saturated heterocycles. The van der Waals surface area contributed by atoms with Gasteiger partial charge in [0.25, 0.3) is 0 Å². The summed E-state index contributed by atoms with van der Waals surface area (Å²) < 4.78 is 15.4. The second-order valence-corrected chi connectivity index (χ2v) is 9.29. The number of aryl methyl sites for hydroxylation is 1. The Morgan fingerprint density at radius 1 is 1.11 bits per heavy atom. The van der Waals surface area contributed by atoms with E-state index in [2.05, 4.69) is 33.4 Å². The molecule has 1 aliphatic rings. The molecule has 1 amide bonds. The van der Waals surface area contributed by atoms with Crippen molar-refractivity contribution in [3.63, 3.8) is 0 Å². The van der Waals surface area contributed by atoms with Gasteiger partial charge in [-0.25, -0.2) is 14.4 Å². The Hall–Kier alpha value is -3.50.